The highest BCUT2D eigenvalue weighted by Crippen LogP contribution is 2.48. The minimum Gasteiger partial charge on any atom is -0.379 e. The maximum absolute atomic E-state index is 15.0. The molecule has 164 valence electrons. The van der Waals surface area contributed by atoms with Gasteiger partial charge in [0, 0.05) is 40.8 Å². The molecule has 0 unspecified atom stereocenters. The summed E-state index contributed by atoms with van der Waals surface area (Å²) in [4.78, 5) is 20.9. The molecule has 3 heterocycles. The van der Waals surface area contributed by atoms with E-state index in [1.54, 1.807) is 0 Å². The maximum Gasteiger partial charge on any atom is 0.274 e. The van der Waals surface area contributed by atoms with Gasteiger partial charge in [0.1, 0.15) is 17.1 Å². The predicted molar refractivity (Wildman–Crippen MR) is 113 cm³/mol. The van der Waals surface area contributed by atoms with Crippen LogP contribution >= 0.6 is 11.8 Å². The average molecular weight is 450 g/mol. The molecule has 4 rings (SSSR count). The monoisotopic (exact) mass is 450 g/mol. The molecule has 1 saturated heterocycles. The van der Waals surface area contributed by atoms with Crippen molar-refractivity contribution in [2.75, 3.05) is 18.5 Å². The number of hydrogen-bond donors (Lipinski definition) is 2. The number of anilines is 1. The number of halogens is 3. The van der Waals surface area contributed by atoms with Crippen LogP contribution in [0.5, 0.6) is 0 Å². The fourth-order valence-corrected chi connectivity index (χ4v) is 5.28. The lowest BCUT2D eigenvalue weighted by atomic mass is 9.74. The first-order valence-corrected chi connectivity index (χ1v) is 10.6. The zero-order chi connectivity index (χ0) is 22.2. The number of carbonyl (C=O) groups excluding carboxylic acids is 1. The van der Waals surface area contributed by atoms with Crippen molar-refractivity contribution < 1.29 is 22.7 Å². The second-order valence-corrected chi connectivity index (χ2v) is 8.97. The number of aromatic nitrogens is 1. The third-order valence-electron chi connectivity index (χ3n) is 5.65. The van der Waals surface area contributed by atoms with Crippen LogP contribution in [-0.2, 0) is 10.3 Å². The van der Waals surface area contributed by atoms with E-state index in [2.05, 4.69) is 15.3 Å². The quantitative estimate of drug-likeness (QED) is 0.732. The van der Waals surface area contributed by atoms with Gasteiger partial charge < -0.3 is 15.8 Å². The molecule has 1 aromatic heterocycles. The number of thioether (sulfide) groups is 1. The summed E-state index contributed by atoms with van der Waals surface area (Å²) in [5, 5.41) is 3.14. The van der Waals surface area contributed by atoms with Gasteiger partial charge in [-0.05, 0) is 36.8 Å². The van der Waals surface area contributed by atoms with Crippen molar-refractivity contribution >= 4 is 28.5 Å². The summed E-state index contributed by atoms with van der Waals surface area (Å²) in [6.07, 6.45) is -1.00. The first-order chi connectivity index (χ1) is 14.8. The minimum absolute atomic E-state index is 0.0163. The SMILES string of the molecule is C[C@H]1SC(N)=N[C@@]2(c3cc(NC(=O)c4ccc(C(F)F)cn4)ccc3F)COCC[C@@H]12. The van der Waals surface area contributed by atoms with Crippen LogP contribution in [0.3, 0.4) is 0 Å². The smallest absolute Gasteiger partial charge is 0.274 e. The molecule has 0 bridgehead atoms. The van der Waals surface area contributed by atoms with E-state index < -0.39 is 23.7 Å². The molecule has 1 aromatic carbocycles. The highest BCUT2D eigenvalue weighted by atomic mass is 32.2. The first-order valence-electron chi connectivity index (χ1n) is 9.75. The second-order valence-electron chi connectivity index (χ2n) is 7.57. The Balaban J connectivity index is 1.65. The van der Waals surface area contributed by atoms with E-state index in [0.29, 0.717) is 29.4 Å². The van der Waals surface area contributed by atoms with Crippen LogP contribution in [0.2, 0.25) is 0 Å². The number of amidine groups is 1. The van der Waals surface area contributed by atoms with E-state index in [1.807, 2.05) is 6.92 Å². The van der Waals surface area contributed by atoms with Gasteiger partial charge in [-0.2, -0.15) is 0 Å². The van der Waals surface area contributed by atoms with Crippen molar-refractivity contribution in [3.8, 4) is 0 Å². The van der Waals surface area contributed by atoms with E-state index in [-0.39, 0.29) is 29.0 Å². The van der Waals surface area contributed by atoms with Crippen LogP contribution in [0.15, 0.2) is 41.5 Å². The third-order valence-corrected chi connectivity index (χ3v) is 6.69. The Kier molecular flexibility index (Phi) is 5.94. The van der Waals surface area contributed by atoms with E-state index in [0.717, 1.165) is 12.3 Å². The number of ether oxygens (including phenoxy) is 1. The molecule has 2 aromatic rings. The van der Waals surface area contributed by atoms with Gasteiger partial charge >= 0.3 is 0 Å². The van der Waals surface area contributed by atoms with Crippen molar-refractivity contribution in [1.29, 1.82) is 0 Å². The Labute approximate surface area is 181 Å². The van der Waals surface area contributed by atoms with Crippen LogP contribution in [0.4, 0.5) is 18.9 Å². The number of nitrogens with zero attached hydrogens (tertiary/aromatic N) is 2. The summed E-state index contributed by atoms with van der Waals surface area (Å²) in [5.41, 5.74) is 5.38. The zero-order valence-electron chi connectivity index (χ0n) is 16.6. The van der Waals surface area contributed by atoms with Gasteiger partial charge in [0.25, 0.3) is 12.3 Å². The normalized spacial score (nSPS) is 25.6. The van der Waals surface area contributed by atoms with Crippen LogP contribution in [0.1, 0.15) is 41.4 Å². The van der Waals surface area contributed by atoms with Gasteiger partial charge in [-0.15, -0.1) is 0 Å². The molecule has 0 aliphatic carbocycles. The van der Waals surface area contributed by atoms with Crippen LogP contribution in [-0.4, -0.2) is 34.5 Å². The highest BCUT2D eigenvalue weighted by Gasteiger charge is 2.50. The summed E-state index contributed by atoms with van der Waals surface area (Å²) in [5.74, 6) is -1.05. The van der Waals surface area contributed by atoms with Gasteiger partial charge in [0.2, 0.25) is 0 Å². The Bertz CT molecular complexity index is 1020. The fraction of sp³-hybridized carbons (Fsp3) is 0.381. The molecular weight excluding hydrogens is 429 g/mol. The Morgan fingerprint density at radius 2 is 2.16 bits per heavy atom. The molecule has 10 heteroatoms. The average Bonchev–Trinajstić information content (AvgIpc) is 2.74. The molecule has 0 spiro atoms. The molecule has 6 nitrogen and oxygen atoms in total. The fourth-order valence-electron chi connectivity index (χ4n) is 4.15. The lowest BCUT2D eigenvalue weighted by Gasteiger charge is -2.46. The Morgan fingerprint density at radius 1 is 1.35 bits per heavy atom. The number of rotatable bonds is 4. The number of fused-ring (bicyclic) bond motifs is 1. The molecule has 0 radical (unpaired) electrons. The summed E-state index contributed by atoms with van der Waals surface area (Å²) < 4.78 is 46.0. The number of nitrogens with one attached hydrogen (secondary N) is 1. The summed E-state index contributed by atoms with van der Waals surface area (Å²) >= 11 is 1.46. The number of nitrogens with two attached hydrogens (primary N) is 1. The van der Waals surface area contributed by atoms with Gasteiger partial charge in [0.05, 0.1) is 6.61 Å². The molecular formula is C21H21F3N4O2S. The Hall–Kier alpha value is -2.59. The number of carbonyl (C=O) groups is 1. The molecule has 3 atom stereocenters. The lowest BCUT2D eigenvalue weighted by molar-refractivity contribution is -0.00417. The van der Waals surface area contributed by atoms with Crippen molar-refractivity contribution in [3.63, 3.8) is 0 Å². The van der Waals surface area contributed by atoms with Crippen LogP contribution < -0.4 is 11.1 Å². The van der Waals surface area contributed by atoms with Gasteiger partial charge in [-0.3, -0.25) is 9.78 Å². The molecule has 1 fully saturated rings. The molecule has 2 aliphatic heterocycles. The number of aliphatic imine (C=N–C) groups is 1. The number of pyridine rings is 1. The van der Waals surface area contributed by atoms with E-state index in [4.69, 9.17) is 10.5 Å². The third kappa shape index (κ3) is 4.14. The molecule has 1 amide bonds. The molecule has 3 N–H and O–H groups in total. The summed E-state index contributed by atoms with van der Waals surface area (Å²) in [6.45, 7) is 2.79. The van der Waals surface area contributed by atoms with Crippen molar-refractivity contribution in [2.45, 2.75) is 30.6 Å². The number of amides is 1. The largest absolute Gasteiger partial charge is 0.379 e. The summed E-state index contributed by atoms with van der Waals surface area (Å²) in [7, 11) is 0. The van der Waals surface area contributed by atoms with E-state index >= 15 is 0 Å². The van der Waals surface area contributed by atoms with E-state index in [9.17, 15) is 18.0 Å². The van der Waals surface area contributed by atoms with Crippen molar-refractivity contribution in [2.24, 2.45) is 16.6 Å². The number of hydrogen-bond acceptors (Lipinski definition) is 6. The van der Waals surface area contributed by atoms with Crippen LogP contribution in [0.25, 0.3) is 0 Å². The highest BCUT2D eigenvalue weighted by molar-refractivity contribution is 8.14. The van der Waals surface area contributed by atoms with E-state index in [1.165, 1.54) is 36.0 Å². The molecule has 0 saturated carbocycles. The second kappa shape index (κ2) is 8.51. The van der Waals surface area contributed by atoms with Gasteiger partial charge in [-0.25, -0.2) is 18.2 Å². The van der Waals surface area contributed by atoms with Gasteiger partial charge in [-0.1, -0.05) is 18.7 Å². The van der Waals surface area contributed by atoms with Gasteiger partial charge in [0.15, 0.2) is 5.17 Å². The predicted octanol–water partition coefficient (Wildman–Crippen LogP) is 4.09. The topological polar surface area (TPSA) is 89.6 Å². The molecule has 31 heavy (non-hydrogen) atoms. The first kappa shape index (κ1) is 21.6. The Morgan fingerprint density at radius 3 is 2.87 bits per heavy atom. The lowest BCUT2D eigenvalue weighted by Crippen LogP contribution is -2.50. The minimum atomic E-state index is -2.67. The number of benzene rings is 1. The maximum atomic E-state index is 15.0. The van der Waals surface area contributed by atoms with Crippen molar-refractivity contribution in [3.05, 3.63) is 59.2 Å². The van der Waals surface area contributed by atoms with Crippen LogP contribution in [0, 0.1) is 11.7 Å². The summed E-state index contributed by atoms with van der Waals surface area (Å²) in [6, 6.07) is 6.58. The standard InChI is InChI=1S/C21H21F3N4O2S/c1-11-14-6-7-30-10-21(14,28-20(25)31-11)15-8-13(3-4-16(15)22)27-19(29)17-5-2-12(9-26-17)18(23)24/h2-5,8-9,11,14,18H,6-7,10H2,1H3,(H2,25,28)(H,27,29)/t11-,14+,21+/m1/s1. The van der Waals surface area contributed by atoms with Crippen molar-refractivity contribution in [1.82, 2.24) is 4.98 Å². The zero-order valence-corrected chi connectivity index (χ0v) is 17.5. The number of alkyl halides is 2. The molecule has 2 aliphatic rings.